The Morgan fingerprint density at radius 2 is 2.00 bits per heavy atom. The molecule has 0 spiro atoms. The summed E-state index contributed by atoms with van der Waals surface area (Å²) in [5.74, 6) is -0.923. The van der Waals surface area contributed by atoms with Gasteiger partial charge in [-0.05, 0) is 25.3 Å². The van der Waals surface area contributed by atoms with E-state index >= 15 is 0 Å². The van der Waals surface area contributed by atoms with Crippen LogP contribution in [0.25, 0.3) is 0 Å². The van der Waals surface area contributed by atoms with Gasteiger partial charge in [0.1, 0.15) is 5.69 Å². The van der Waals surface area contributed by atoms with Crippen LogP contribution in [0.15, 0.2) is 12.3 Å². The van der Waals surface area contributed by atoms with Gasteiger partial charge in [-0.3, -0.25) is 9.59 Å². The van der Waals surface area contributed by atoms with Gasteiger partial charge in [0.05, 0.1) is 5.92 Å². The number of carbonyl (C=O) groups is 2. The smallest absolute Gasteiger partial charge is 0.308 e. The second-order valence-electron chi connectivity index (χ2n) is 5.51. The minimum atomic E-state index is -0.842. The fraction of sp³-hybridized carbons (Fsp3) is 0.571. The molecule has 1 unspecified atom stereocenters. The maximum atomic E-state index is 12.4. The summed E-state index contributed by atoms with van der Waals surface area (Å²) in [6, 6.07) is 1.59. The van der Waals surface area contributed by atoms with Crippen LogP contribution in [0.4, 0.5) is 5.95 Å². The number of anilines is 1. The van der Waals surface area contributed by atoms with Gasteiger partial charge in [0.2, 0.25) is 5.95 Å². The number of likely N-dealkylation sites (tertiary alicyclic amines) is 1. The van der Waals surface area contributed by atoms with E-state index in [0.29, 0.717) is 24.6 Å². The van der Waals surface area contributed by atoms with Crippen molar-refractivity contribution < 1.29 is 14.7 Å². The van der Waals surface area contributed by atoms with Crippen molar-refractivity contribution in [3.63, 3.8) is 0 Å². The first kappa shape index (κ1) is 13.8. The molecule has 0 radical (unpaired) electrons. The first-order valence-corrected chi connectivity index (χ1v) is 7.25. The van der Waals surface area contributed by atoms with Gasteiger partial charge in [0.25, 0.3) is 5.91 Å². The molecular formula is C14H18N4O3. The molecular weight excluding hydrogens is 272 g/mol. The highest BCUT2D eigenvalue weighted by Crippen LogP contribution is 2.20. The molecule has 1 atom stereocenters. The zero-order valence-electron chi connectivity index (χ0n) is 11.7. The number of amides is 1. The highest BCUT2D eigenvalue weighted by atomic mass is 16.4. The molecule has 3 heterocycles. The Kier molecular flexibility index (Phi) is 3.72. The monoisotopic (exact) mass is 290 g/mol. The summed E-state index contributed by atoms with van der Waals surface area (Å²) in [4.78, 5) is 35.6. The van der Waals surface area contributed by atoms with Crippen LogP contribution in [0.1, 0.15) is 29.8 Å². The van der Waals surface area contributed by atoms with Crippen molar-refractivity contribution in [1.29, 1.82) is 0 Å². The van der Waals surface area contributed by atoms with E-state index in [9.17, 15) is 9.59 Å². The molecule has 1 aromatic heterocycles. The van der Waals surface area contributed by atoms with Crippen LogP contribution in [0.5, 0.6) is 0 Å². The number of aliphatic carboxylic acids is 1. The molecule has 0 bridgehead atoms. The van der Waals surface area contributed by atoms with Gasteiger partial charge < -0.3 is 14.9 Å². The van der Waals surface area contributed by atoms with E-state index in [2.05, 4.69) is 14.9 Å². The van der Waals surface area contributed by atoms with Crippen LogP contribution in [-0.4, -0.2) is 58.0 Å². The SMILES string of the molecule is O=C(O)C1CCN(C(=O)c2ccnc(N3CCCC3)n2)C1. The predicted octanol–water partition coefficient (Wildman–Crippen LogP) is 0.623. The molecule has 7 nitrogen and oxygen atoms in total. The summed E-state index contributed by atoms with van der Waals surface area (Å²) in [7, 11) is 0. The molecule has 2 aliphatic rings. The minimum absolute atomic E-state index is 0.207. The van der Waals surface area contributed by atoms with E-state index < -0.39 is 11.9 Å². The van der Waals surface area contributed by atoms with E-state index in [4.69, 9.17) is 5.11 Å². The van der Waals surface area contributed by atoms with Gasteiger partial charge in [-0.15, -0.1) is 0 Å². The van der Waals surface area contributed by atoms with Crippen molar-refractivity contribution in [2.45, 2.75) is 19.3 Å². The molecule has 1 N–H and O–H groups in total. The van der Waals surface area contributed by atoms with Gasteiger partial charge in [-0.25, -0.2) is 9.97 Å². The lowest BCUT2D eigenvalue weighted by Gasteiger charge is -2.18. The molecule has 0 saturated carbocycles. The number of hydrogen-bond donors (Lipinski definition) is 1. The van der Waals surface area contributed by atoms with Crippen LogP contribution < -0.4 is 4.90 Å². The third-order valence-electron chi connectivity index (χ3n) is 4.08. The lowest BCUT2D eigenvalue weighted by molar-refractivity contribution is -0.141. The van der Waals surface area contributed by atoms with Gasteiger partial charge in [-0.2, -0.15) is 0 Å². The van der Waals surface area contributed by atoms with Gasteiger partial charge in [0.15, 0.2) is 0 Å². The zero-order chi connectivity index (χ0) is 14.8. The molecule has 112 valence electrons. The normalized spacial score (nSPS) is 21.8. The van der Waals surface area contributed by atoms with Crippen LogP contribution >= 0.6 is 0 Å². The summed E-state index contributed by atoms with van der Waals surface area (Å²) in [5.41, 5.74) is 0.345. The van der Waals surface area contributed by atoms with E-state index in [1.807, 2.05) is 0 Å². The number of nitrogens with zero attached hydrogens (tertiary/aromatic N) is 4. The second-order valence-corrected chi connectivity index (χ2v) is 5.51. The van der Waals surface area contributed by atoms with Gasteiger partial charge in [0, 0.05) is 32.4 Å². The summed E-state index contributed by atoms with van der Waals surface area (Å²) in [6.07, 6.45) is 4.34. The van der Waals surface area contributed by atoms with E-state index in [0.717, 1.165) is 25.9 Å². The molecule has 7 heteroatoms. The fourth-order valence-electron chi connectivity index (χ4n) is 2.85. The van der Waals surface area contributed by atoms with Gasteiger partial charge in [-0.1, -0.05) is 0 Å². The number of carbonyl (C=O) groups excluding carboxylic acids is 1. The third kappa shape index (κ3) is 2.81. The summed E-state index contributed by atoms with van der Waals surface area (Å²) in [5, 5.41) is 9.00. The molecule has 0 aromatic carbocycles. The quantitative estimate of drug-likeness (QED) is 0.878. The van der Waals surface area contributed by atoms with E-state index in [1.54, 1.807) is 17.2 Å². The first-order valence-electron chi connectivity index (χ1n) is 7.25. The number of hydrogen-bond acceptors (Lipinski definition) is 5. The molecule has 2 aliphatic heterocycles. The van der Waals surface area contributed by atoms with Crippen LogP contribution in [0, 0.1) is 5.92 Å². The topological polar surface area (TPSA) is 86.6 Å². The van der Waals surface area contributed by atoms with E-state index in [-0.39, 0.29) is 12.5 Å². The minimum Gasteiger partial charge on any atom is -0.481 e. The van der Waals surface area contributed by atoms with Gasteiger partial charge >= 0.3 is 5.97 Å². The average Bonchev–Trinajstić information content (AvgIpc) is 3.18. The largest absolute Gasteiger partial charge is 0.481 e. The average molecular weight is 290 g/mol. The number of rotatable bonds is 3. The Bertz CT molecular complexity index is 557. The molecule has 1 aromatic rings. The van der Waals surface area contributed by atoms with Crippen molar-refractivity contribution in [2.24, 2.45) is 5.92 Å². The zero-order valence-corrected chi connectivity index (χ0v) is 11.7. The van der Waals surface area contributed by atoms with Crippen LogP contribution in [0.3, 0.4) is 0 Å². The number of carboxylic acid groups (broad SMARTS) is 1. The lowest BCUT2D eigenvalue weighted by Crippen LogP contribution is -2.31. The van der Waals surface area contributed by atoms with Crippen molar-refractivity contribution in [3.05, 3.63) is 18.0 Å². The molecule has 2 saturated heterocycles. The Labute approximate surface area is 122 Å². The van der Waals surface area contributed by atoms with Crippen molar-refractivity contribution in [3.8, 4) is 0 Å². The summed E-state index contributed by atoms with van der Waals surface area (Å²) in [6.45, 7) is 2.57. The molecule has 1 amide bonds. The highest BCUT2D eigenvalue weighted by Gasteiger charge is 2.32. The Morgan fingerprint density at radius 3 is 2.67 bits per heavy atom. The highest BCUT2D eigenvalue weighted by molar-refractivity contribution is 5.93. The predicted molar refractivity (Wildman–Crippen MR) is 75.1 cm³/mol. The van der Waals surface area contributed by atoms with Crippen molar-refractivity contribution in [2.75, 3.05) is 31.1 Å². The number of aromatic nitrogens is 2. The van der Waals surface area contributed by atoms with Crippen molar-refractivity contribution in [1.82, 2.24) is 14.9 Å². The Balaban J connectivity index is 1.73. The lowest BCUT2D eigenvalue weighted by atomic mass is 10.1. The first-order chi connectivity index (χ1) is 10.1. The maximum absolute atomic E-state index is 12.4. The molecule has 2 fully saturated rings. The molecule has 21 heavy (non-hydrogen) atoms. The number of carboxylic acids is 1. The molecule has 3 rings (SSSR count). The molecule has 0 aliphatic carbocycles. The van der Waals surface area contributed by atoms with Crippen LogP contribution in [-0.2, 0) is 4.79 Å². The Morgan fingerprint density at radius 1 is 1.24 bits per heavy atom. The summed E-state index contributed by atoms with van der Waals surface area (Å²) < 4.78 is 0. The standard InChI is InChI=1S/C14H18N4O3/c19-12(18-8-4-10(9-18)13(20)21)11-3-5-15-14(16-11)17-6-1-2-7-17/h3,5,10H,1-2,4,6-9H2,(H,20,21). The third-order valence-corrected chi connectivity index (χ3v) is 4.08. The Hall–Kier alpha value is -2.18. The van der Waals surface area contributed by atoms with E-state index in [1.165, 1.54) is 0 Å². The van der Waals surface area contributed by atoms with Crippen LogP contribution in [0.2, 0.25) is 0 Å². The maximum Gasteiger partial charge on any atom is 0.308 e. The second kappa shape index (κ2) is 5.67. The summed E-state index contributed by atoms with van der Waals surface area (Å²) >= 11 is 0. The van der Waals surface area contributed by atoms with Crippen molar-refractivity contribution >= 4 is 17.8 Å². The fourth-order valence-corrected chi connectivity index (χ4v) is 2.85.